The lowest BCUT2D eigenvalue weighted by Gasteiger charge is -2.31. The monoisotopic (exact) mass is 558 g/mol. The number of hydrogen-bond donors (Lipinski definition) is 2. The molecular weight excluding hydrogens is 515 g/mol. The molecule has 0 saturated carbocycles. The second-order valence-electron chi connectivity index (χ2n) is 8.31. The van der Waals surface area contributed by atoms with E-state index in [2.05, 4.69) is 69.6 Å². The quantitative estimate of drug-likeness (QED) is 0.189. The first-order chi connectivity index (χ1) is 15.0. The van der Waals surface area contributed by atoms with Crippen molar-refractivity contribution in [2.24, 2.45) is 4.99 Å². The zero-order valence-electron chi connectivity index (χ0n) is 20.5. The Morgan fingerprint density at radius 2 is 1.88 bits per heavy atom. The van der Waals surface area contributed by atoms with Crippen LogP contribution < -0.4 is 10.6 Å². The van der Waals surface area contributed by atoms with Gasteiger partial charge < -0.3 is 15.5 Å². The average Bonchev–Trinajstić information content (AvgIpc) is 3.26. The van der Waals surface area contributed by atoms with Crippen LogP contribution in [0.25, 0.3) is 0 Å². The maximum Gasteiger partial charge on any atom is 0.239 e. The summed E-state index contributed by atoms with van der Waals surface area (Å²) < 4.78 is 0. The van der Waals surface area contributed by atoms with Crippen molar-refractivity contribution in [1.29, 1.82) is 0 Å². The zero-order valence-corrected chi connectivity index (χ0v) is 22.8. The normalized spacial score (nSPS) is 17.7. The fourth-order valence-electron chi connectivity index (χ4n) is 4.37. The molecule has 32 heavy (non-hydrogen) atoms. The van der Waals surface area contributed by atoms with Gasteiger partial charge in [0.15, 0.2) is 5.96 Å². The minimum Gasteiger partial charge on any atom is -0.356 e. The molecule has 1 aliphatic rings. The number of halogens is 1. The van der Waals surface area contributed by atoms with Gasteiger partial charge in [-0.05, 0) is 44.5 Å². The van der Waals surface area contributed by atoms with Crippen molar-refractivity contribution in [3.05, 3.63) is 35.9 Å². The number of carbonyl (C=O) groups is 1. The number of nitrogens with one attached hydrogen (secondary N) is 2. The molecule has 2 N–H and O–H groups in total. The predicted octanol–water partition coefficient (Wildman–Crippen LogP) is 2.80. The molecule has 0 bridgehead atoms. The fraction of sp³-hybridized carbons (Fsp3) is 0.667. The Morgan fingerprint density at radius 3 is 2.47 bits per heavy atom. The first-order valence-electron chi connectivity index (χ1n) is 11.7. The Hall–Kier alpha value is -1.39. The minimum absolute atomic E-state index is 0. The standard InChI is InChI=1S/C24H42N6O.HI/c1-6-29(7-2)22(20-13-9-8-10-14-20)19-27-24(25-3)26-16-12-18-30-17-11-15-21(30)23(31)28(4)5;/h8-10,13-14,21-22H,6-7,11-12,15-19H2,1-5H3,(H2,25,26,27);1H. The highest BCUT2D eigenvalue weighted by Gasteiger charge is 2.31. The molecule has 1 aliphatic heterocycles. The SMILES string of the molecule is CCN(CC)C(CNC(=NC)NCCCN1CCCC1C(=O)N(C)C)c1ccccc1.I. The second kappa shape index (κ2) is 15.4. The summed E-state index contributed by atoms with van der Waals surface area (Å²) in [6, 6.07) is 11.0. The number of amides is 1. The molecule has 1 aromatic rings. The summed E-state index contributed by atoms with van der Waals surface area (Å²) >= 11 is 0. The summed E-state index contributed by atoms with van der Waals surface area (Å²) in [5.41, 5.74) is 1.32. The van der Waals surface area contributed by atoms with Gasteiger partial charge in [0.25, 0.3) is 0 Å². The van der Waals surface area contributed by atoms with Crippen LogP contribution in [0.2, 0.25) is 0 Å². The van der Waals surface area contributed by atoms with E-state index in [0.717, 1.165) is 64.5 Å². The number of carbonyl (C=O) groups excluding carboxylic acids is 1. The Bertz CT molecular complexity index is 680. The second-order valence-corrected chi connectivity index (χ2v) is 8.31. The number of benzene rings is 1. The van der Waals surface area contributed by atoms with Crippen molar-refractivity contribution < 1.29 is 4.79 Å². The molecule has 0 aromatic heterocycles. The molecule has 1 saturated heterocycles. The van der Waals surface area contributed by atoms with Crippen molar-refractivity contribution in [2.45, 2.75) is 45.2 Å². The van der Waals surface area contributed by atoms with E-state index in [-0.39, 0.29) is 35.9 Å². The number of guanidine groups is 1. The van der Waals surface area contributed by atoms with E-state index in [0.29, 0.717) is 6.04 Å². The molecule has 8 heteroatoms. The molecule has 0 spiro atoms. The van der Waals surface area contributed by atoms with Crippen LogP contribution in [-0.4, -0.2) is 93.0 Å². The Kier molecular flexibility index (Phi) is 13.8. The van der Waals surface area contributed by atoms with E-state index in [1.807, 2.05) is 21.1 Å². The van der Waals surface area contributed by atoms with Crippen LogP contribution in [0.1, 0.15) is 44.7 Å². The predicted molar refractivity (Wildman–Crippen MR) is 145 cm³/mol. The average molecular weight is 559 g/mol. The van der Waals surface area contributed by atoms with Gasteiger partial charge in [0, 0.05) is 40.8 Å². The number of likely N-dealkylation sites (tertiary alicyclic amines) is 1. The molecule has 0 radical (unpaired) electrons. The topological polar surface area (TPSA) is 63.2 Å². The smallest absolute Gasteiger partial charge is 0.239 e. The van der Waals surface area contributed by atoms with Gasteiger partial charge in [0.05, 0.1) is 12.1 Å². The molecule has 2 rings (SSSR count). The molecular formula is C24H43IN6O. The third-order valence-corrected chi connectivity index (χ3v) is 6.13. The Balaban J connectivity index is 0.00000512. The summed E-state index contributed by atoms with van der Waals surface area (Å²) in [5.74, 6) is 1.06. The highest BCUT2D eigenvalue weighted by molar-refractivity contribution is 14.0. The summed E-state index contributed by atoms with van der Waals surface area (Å²) in [5, 5.41) is 6.95. The lowest BCUT2D eigenvalue weighted by molar-refractivity contribution is -0.133. The third kappa shape index (κ3) is 8.51. The summed E-state index contributed by atoms with van der Waals surface area (Å²) in [6.45, 7) is 10.0. The van der Waals surface area contributed by atoms with Gasteiger partial charge in [0.1, 0.15) is 0 Å². The van der Waals surface area contributed by atoms with Gasteiger partial charge in [-0.3, -0.25) is 19.6 Å². The molecule has 182 valence electrons. The van der Waals surface area contributed by atoms with Crippen LogP contribution in [0.15, 0.2) is 35.3 Å². The van der Waals surface area contributed by atoms with Crippen LogP contribution >= 0.6 is 24.0 Å². The lowest BCUT2D eigenvalue weighted by atomic mass is 10.1. The van der Waals surface area contributed by atoms with Crippen LogP contribution in [-0.2, 0) is 4.79 Å². The van der Waals surface area contributed by atoms with Crippen molar-refractivity contribution in [2.75, 3.05) is 60.4 Å². The van der Waals surface area contributed by atoms with Crippen molar-refractivity contribution in [3.8, 4) is 0 Å². The van der Waals surface area contributed by atoms with E-state index in [1.165, 1.54) is 5.56 Å². The van der Waals surface area contributed by atoms with Crippen molar-refractivity contribution in [1.82, 2.24) is 25.3 Å². The summed E-state index contributed by atoms with van der Waals surface area (Å²) in [6.07, 6.45) is 3.06. The minimum atomic E-state index is 0. The van der Waals surface area contributed by atoms with Gasteiger partial charge in [-0.25, -0.2) is 0 Å². The van der Waals surface area contributed by atoms with E-state index in [9.17, 15) is 4.79 Å². The molecule has 2 unspecified atom stereocenters. The van der Waals surface area contributed by atoms with E-state index in [1.54, 1.807) is 4.90 Å². The van der Waals surface area contributed by atoms with Gasteiger partial charge in [-0.15, -0.1) is 24.0 Å². The molecule has 1 aromatic carbocycles. The fourth-order valence-corrected chi connectivity index (χ4v) is 4.37. The summed E-state index contributed by atoms with van der Waals surface area (Å²) in [4.78, 5) is 23.3. The maximum atomic E-state index is 12.3. The molecule has 1 amide bonds. The van der Waals surface area contributed by atoms with Gasteiger partial charge in [-0.1, -0.05) is 44.2 Å². The number of rotatable bonds is 11. The maximum absolute atomic E-state index is 12.3. The Labute approximate surface area is 212 Å². The Morgan fingerprint density at radius 1 is 1.19 bits per heavy atom. The molecule has 0 aliphatic carbocycles. The number of hydrogen-bond acceptors (Lipinski definition) is 4. The summed E-state index contributed by atoms with van der Waals surface area (Å²) in [7, 11) is 5.50. The number of aliphatic imine (C=N–C) groups is 1. The molecule has 1 fully saturated rings. The third-order valence-electron chi connectivity index (χ3n) is 6.13. The largest absolute Gasteiger partial charge is 0.356 e. The molecule has 2 atom stereocenters. The molecule has 1 heterocycles. The van der Waals surface area contributed by atoms with Crippen LogP contribution in [0.4, 0.5) is 0 Å². The van der Waals surface area contributed by atoms with Crippen LogP contribution in [0, 0.1) is 0 Å². The van der Waals surface area contributed by atoms with Crippen molar-refractivity contribution in [3.63, 3.8) is 0 Å². The van der Waals surface area contributed by atoms with Crippen molar-refractivity contribution >= 4 is 35.8 Å². The van der Waals surface area contributed by atoms with E-state index in [4.69, 9.17) is 0 Å². The van der Waals surface area contributed by atoms with Gasteiger partial charge >= 0.3 is 0 Å². The van der Waals surface area contributed by atoms with E-state index < -0.39 is 0 Å². The number of likely N-dealkylation sites (N-methyl/N-ethyl adjacent to an activating group) is 2. The molecule has 7 nitrogen and oxygen atoms in total. The first-order valence-corrected chi connectivity index (χ1v) is 11.7. The van der Waals surface area contributed by atoms with Crippen LogP contribution in [0.3, 0.4) is 0 Å². The van der Waals surface area contributed by atoms with Gasteiger partial charge in [-0.2, -0.15) is 0 Å². The van der Waals surface area contributed by atoms with E-state index >= 15 is 0 Å². The van der Waals surface area contributed by atoms with Crippen LogP contribution in [0.5, 0.6) is 0 Å². The zero-order chi connectivity index (χ0) is 22.6. The highest BCUT2D eigenvalue weighted by atomic mass is 127. The first kappa shape index (κ1) is 28.6. The lowest BCUT2D eigenvalue weighted by Crippen LogP contribution is -2.45. The number of nitrogens with zero attached hydrogens (tertiary/aromatic N) is 4. The highest BCUT2D eigenvalue weighted by Crippen LogP contribution is 2.20. The van der Waals surface area contributed by atoms with Gasteiger partial charge in [0.2, 0.25) is 5.91 Å².